The standard InChI is InChI=1S/C27H26N8O3/c1-27(2)12-18-9-15(3-8-23(18)38-27)13-28-25(36)21-11-22(30-14-29-21)26(37)31-20-7-5-16-10-17(4-6-19(16)20)24-32-34-35-33-24/h3-4,6,8-11,14,20H,5,7,12-13H2,1-2H3,(H,28,36)(H,31,37)(H,32,33,34,35)/t20-/m1/s1. The molecular formula is C27H26N8O3. The number of rotatable bonds is 6. The largest absolute Gasteiger partial charge is 0.487 e. The molecule has 3 heterocycles. The SMILES string of the molecule is CC1(C)Cc2cc(CNC(=O)c3cc(C(=O)N[C@@H]4CCc5cc(-c6nn[nH]n6)ccc54)ncn3)ccc2O1. The monoisotopic (exact) mass is 510 g/mol. The molecule has 0 fully saturated rings. The van der Waals surface area contributed by atoms with Crippen molar-refractivity contribution in [1.82, 2.24) is 41.2 Å². The Hall–Kier alpha value is -4.67. The van der Waals surface area contributed by atoms with Gasteiger partial charge >= 0.3 is 0 Å². The van der Waals surface area contributed by atoms with E-state index in [1.807, 2.05) is 36.4 Å². The number of carbonyl (C=O) groups is 2. The van der Waals surface area contributed by atoms with E-state index in [1.54, 1.807) is 0 Å². The number of aromatic amines is 1. The normalized spacial score (nSPS) is 16.8. The third-order valence-electron chi connectivity index (χ3n) is 6.84. The third kappa shape index (κ3) is 4.70. The number of nitrogens with one attached hydrogen (secondary N) is 3. The molecule has 2 amide bonds. The fourth-order valence-corrected chi connectivity index (χ4v) is 5.07. The zero-order valence-electron chi connectivity index (χ0n) is 21.0. The van der Waals surface area contributed by atoms with Crippen LogP contribution >= 0.6 is 0 Å². The minimum absolute atomic E-state index is 0.132. The van der Waals surface area contributed by atoms with Gasteiger partial charge in [0.2, 0.25) is 5.82 Å². The highest BCUT2D eigenvalue weighted by Crippen LogP contribution is 2.35. The number of aromatic nitrogens is 6. The summed E-state index contributed by atoms with van der Waals surface area (Å²) in [5, 5.41) is 20.0. The van der Waals surface area contributed by atoms with Gasteiger partial charge in [0.05, 0.1) is 6.04 Å². The quantitative estimate of drug-likeness (QED) is 0.359. The number of carbonyl (C=O) groups excluding carboxylic acids is 2. The number of aryl methyl sites for hydroxylation is 1. The molecule has 1 aliphatic heterocycles. The molecule has 38 heavy (non-hydrogen) atoms. The molecule has 6 rings (SSSR count). The summed E-state index contributed by atoms with van der Waals surface area (Å²) >= 11 is 0. The van der Waals surface area contributed by atoms with Gasteiger partial charge in [0.15, 0.2) is 0 Å². The Morgan fingerprint density at radius 3 is 2.71 bits per heavy atom. The molecule has 0 saturated heterocycles. The van der Waals surface area contributed by atoms with Crippen molar-refractivity contribution in [2.75, 3.05) is 0 Å². The molecule has 192 valence electrons. The summed E-state index contributed by atoms with van der Waals surface area (Å²) in [5.41, 5.74) is 5.18. The Bertz CT molecular complexity index is 1530. The number of amides is 2. The van der Waals surface area contributed by atoms with Crippen LogP contribution in [0, 0.1) is 0 Å². The van der Waals surface area contributed by atoms with Gasteiger partial charge in [-0.05, 0) is 66.3 Å². The van der Waals surface area contributed by atoms with Crippen molar-refractivity contribution in [1.29, 1.82) is 0 Å². The first-order valence-corrected chi connectivity index (χ1v) is 12.4. The lowest BCUT2D eigenvalue weighted by atomic mass is 10.0. The highest BCUT2D eigenvalue weighted by molar-refractivity contribution is 5.97. The summed E-state index contributed by atoms with van der Waals surface area (Å²) in [6.07, 6.45) is 3.63. The molecule has 0 bridgehead atoms. The van der Waals surface area contributed by atoms with Crippen molar-refractivity contribution < 1.29 is 14.3 Å². The fourth-order valence-electron chi connectivity index (χ4n) is 5.07. The van der Waals surface area contributed by atoms with E-state index in [0.29, 0.717) is 12.4 Å². The number of H-pyrrole nitrogens is 1. The molecule has 1 aliphatic carbocycles. The van der Waals surface area contributed by atoms with Crippen LogP contribution in [0.5, 0.6) is 5.75 Å². The van der Waals surface area contributed by atoms with Crippen molar-refractivity contribution >= 4 is 11.8 Å². The predicted octanol–water partition coefficient (Wildman–Crippen LogP) is 2.72. The summed E-state index contributed by atoms with van der Waals surface area (Å²) in [6.45, 7) is 4.44. The van der Waals surface area contributed by atoms with Crippen LogP contribution in [0.25, 0.3) is 11.4 Å². The van der Waals surface area contributed by atoms with E-state index in [9.17, 15) is 9.59 Å². The first-order chi connectivity index (χ1) is 18.3. The number of nitrogens with zero attached hydrogens (tertiary/aromatic N) is 5. The van der Waals surface area contributed by atoms with Crippen molar-refractivity contribution in [2.24, 2.45) is 0 Å². The van der Waals surface area contributed by atoms with Gasteiger partial charge in [0.25, 0.3) is 11.8 Å². The molecule has 2 aromatic carbocycles. The van der Waals surface area contributed by atoms with Crippen LogP contribution in [-0.4, -0.2) is 48.0 Å². The molecule has 4 aromatic rings. The Labute approximate surface area is 218 Å². The van der Waals surface area contributed by atoms with Crippen molar-refractivity contribution in [3.8, 4) is 17.1 Å². The number of fused-ring (bicyclic) bond motifs is 2. The Kier molecular flexibility index (Phi) is 5.82. The van der Waals surface area contributed by atoms with E-state index >= 15 is 0 Å². The van der Waals surface area contributed by atoms with Crippen LogP contribution in [0.1, 0.15) is 69.5 Å². The van der Waals surface area contributed by atoms with E-state index in [1.165, 1.54) is 12.4 Å². The maximum atomic E-state index is 13.0. The maximum absolute atomic E-state index is 13.0. The smallest absolute Gasteiger partial charge is 0.270 e. The summed E-state index contributed by atoms with van der Waals surface area (Å²) in [7, 11) is 0. The van der Waals surface area contributed by atoms with Gasteiger partial charge in [-0.2, -0.15) is 5.21 Å². The Morgan fingerprint density at radius 2 is 1.89 bits per heavy atom. The molecule has 11 nitrogen and oxygen atoms in total. The van der Waals surface area contributed by atoms with Crippen molar-refractivity contribution in [2.45, 2.75) is 51.3 Å². The molecule has 0 radical (unpaired) electrons. The molecule has 11 heteroatoms. The van der Waals surface area contributed by atoms with Crippen molar-refractivity contribution in [3.05, 3.63) is 82.4 Å². The van der Waals surface area contributed by atoms with Crippen LogP contribution in [0.2, 0.25) is 0 Å². The average molecular weight is 511 g/mol. The molecule has 3 N–H and O–H groups in total. The van der Waals surface area contributed by atoms with Crippen LogP contribution in [0.3, 0.4) is 0 Å². The zero-order chi connectivity index (χ0) is 26.3. The van der Waals surface area contributed by atoms with E-state index in [0.717, 1.165) is 52.8 Å². The van der Waals surface area contributed by atoms with Gasteiger partial charge in [0.1, 0.15) is 29.1 Å². The first-order valence-electron chi connectivity index (χ1n) is 12.4. The summed E-state index contributed by atoms with van der Waals surface area (Å²) in [5.74, 6) is 0.677. The van der Waals surface area contributed by atoms with Crippen LogP contribution in [0.4, 0.5) is 0 Å². The maximum Gasteiger partial charge on any atom is 0.270 e. The predicted molar refractivity (Wildman–Crippen MR) is 136 cm³/mol. The van der Waals surface area contributed by atoms with Crippen LogP contribution < -0.4 is 15.4 Å². The average Bonchev–Trinajstić information content (AvgIpc) is 3.65. The molecular weight excluding hydrogens is 484 g/mol. The van der Waals surface area contributed by atoms with Gasteiger partial charge in [-0.25, -0.2) is 9.97 Å². The zero-order valence-corrected chi connectivity index (χ0v) is 21.0. The van der Waals surface area contributed by atoms with E-state index in [-0.39, 0.29) is 34.8 Å². The van der Waals surface area contributed by atoms with Gasteiger partial charge in [-0.1, -0.05) is 24.3 Å². The second-order valence-corrected chi connectivity index (χ2v) is 10.2. The van der Waals surface area contributed by atoms with E-state index in [4.69, 9.17) is 4.74 Å². The highest BCUT2D eigenvalue weighted by Gasteiger charge is 2.30. The second kappa shape index (κ2) is 9.33. The molecule has 2 aromatic heterocycles. The van der Waals surface area contributed by atoms with E-state index in [2.05, 4.69) is 55.1 Å². The van der Waals surface area contributed by atoms with Gasteiger partial charge in [-0.3, -0.25) is 9.59 Å². The third-order valence-corrected chi connectivity index (χ3v) is 6.84. The minimum Gasteiger partial charge on any atom is -0.487 e. The highest BCUT2D eigenvalue weighted by atomic mass is 16.5. The van der Waals surface area contributed by atoms with Crippen LogP contribution in [-0.2, 0) is 19.4 Å². The summed E-state index contributed by atoms with van der Waals surface area (Å²) in [4.78, 5) is 34.0. The Balaban J connectivity index is 1.09. The molecule has 0 spiro atoms. The lowest BCUT2D eigenvalue weighted by Gasteiger charge is -2.16. The van der Waals surface area contributed by atoms with Crippen LogP contribution in [0.15, 0.2) is 48.8 Å². The topological polar surface area (TPSA) is 148 Å². The number of hydrogen-bond donors (Lipinski definition) is 3. The Morgan fingerprint density at radius 1 is 1.05 bits per heavy atom. The van der Waals surface area contributed by atoms with Gasteiger partial charge < -0.3 is 15.4 Å². The molecule has 1 atom stereocenters. The second-order valence-electron chi connectivity index (χ2n) is 10.2. The van der Waals surface area contributed by atoms with Gasteiger partial charge in [-0.15, -0.1) is 10.2 Å². The minimum atomic E-state index is -0.376. The van der Waals surface area contributed by atoms with Crippen molar-refractivity contribution in [3.63, 3.8) is 0 Å². The lowest BCUT2D eigenvalue weighted by molar-refractivity contribution is 0.0931. The van der Waals surface area contributed by atoms with Gasteiger partial charge in [0, 0.05) is 24.6 Å². The first kappa shape index (κ1) is 23.7. The summed E-state index contributed by atoms with van der Waals surface area (Å²) in [6, 6.07) is 13.1. The number of benzene rings is 2. The number of tetrazole rings is 1. The number of ether oxygens (including phenoxy) is 1. The lowest BCUT2D eigenvalue weighted by Crippen LogP contribution is -2.29. The van der Waals surface area contributed by atoms with E-state index < -0.39 is 0 Å². The molecule has 0 saturated carbocycles. The fraction of sp³-hybridized carbons (Fsp3) is 0.296. The molecule has 2 aliphatic rings. The summed E-state index contributed by atoms with van der Waals surface area (Å²) < 4.78 is 5.92. The number of hydrogen-bond acceptors (Lipinski definition) is 8. The molecule has 0 unspecified atom stereocenters.